The quantitative estimate of drug-likeness (QED) is 0.444. The lowest BCUT2D eigenvalue weighted by molar-refractivity contribution is -0.152. The van der Waals surface area contributed by atoms with E-state index in [1.54, 1.807) is 49.4 Å². The Bertz CT molecular complexity index is 1400. The number of aryl methyl sites for hydroxylation is 2. The van der Waals surface area contributed by atoms with Gasteiger partial charge in [0.2, 0.25) is 10.0 Å². The first-order valence-corrected chi connectivity index (χ1v) is 12.9. The van der Waals surface area contributed by atoms with E-state index in [-0.39, 0.29) is 4.90 Å². The first-order valence-electron chi connectivity index (χ1n) is 11.1. The molecule has 1 aliphatic rings. The Morgan fingerprint density at radius 2 is 1.89 bits per heavy atom. The number of benzene rings is 2. The summed E-state index contributed by atoms with van der Waals surface area (Å²) in [6.07, 6.45) is 1.89. The second kappa shape index (κ2) is 10.7. The number of amides is 1. The van der Waals surface area contributed by atoms with Crippen molar-refractivity contribution >= 4 is 39.2 Å². The van der Waals surface area contributed by atoms with Gasteiger partial charge >= 0.3 is 5.97 Å². The number of hydrogen-bond donors (Lipinski definition) is 1. The summed E-state index contributed by atoms with van der Waals surface area (Å²) in [6.45, 7) is 2.43. The summed E-state index contributed by atoms with van der Waals surface area (Å²) in [5, 5.41) is 6.23. The fourth-order valence-electron chi connectivity index (χ4n) is 3.64. The van der Waals surface area contributed by atoms with Crippen LogP contribution in [0.4, 0.5) is 0 Å². The second-order valence-electron chi connectivity index (χ2n) is 8.26. The van der Waals surface area contributed by atoms with E-state index in [1.807, 2.05) is 6.92 Å². The maximum atomic E-state index is 12.9. The number of halogens is 1. The normalized spacial score (nSPS) is 15.6. The molecule has 1 aliphatic heterocycles. The summed E-state index contributed by atoms with van der Waals surface area (Å²) in [6, 6.07) is 14.7. The highest BCUT2D eigenvalue weighted by Gasteiger charge is 2.35. The van der Waals surface area contributed by atoms with Gasteiger partial charge in [-0.15, -0.1) is 0 Å². The molecule has 188 valence electrons. The third-order valence-corrected chi connectivity index (χ3v) is 7.42. The predicted molar refractivity (Wildman–Crippen MR) is 133 cm³/mol. The summed E-state index contributed by atoms with van der Waals surface area (Å²) < 4.78 is 37.7. The monoisotopic (exact) mass is 529 g/mol. The number of ether oxygens (including phenoxy) is 1. The maximum Gasteiger partial charge on any atom is 0.321 e. The van der Waals surface area contributed by atoms with Gasteiger partial charge in [0.05, 0.1) is 16.9 Å². The van der Waals surface area contributed by atoms with E-state index in [0.29, 0.717) is 22.9 Å². The smallest absolute Gasteiger partial charge is 0.321 e. The van der Waals surface area contributed by atoms with Crippen LogP contribution in [0.1, 0.15) is 34.9 Å². The first kappa shape index (κ1) is 25.6. The zero-order valence-electron chi connectivity index (χ0n) is 19.6. The van der Waals surface area contributed by atoms with Crippen molar-refractivity contribution in [3.8, 4) is 0 Å². The molecule has 1 atom stereocenters. The van der Waals surface area contributed by atoms with Crippen LogP contribution in [-0.4, -0.2) is 44.2 Å². The summed E-state index contributed by atoms with van der Waals surface area (Å²) >= 11 is 5.97. The number of rotatable bonds is 8. The fourth-order valence-corrected chi connectivity index (χ4v) is 4.82. The topological polar surface area (TPSA) is 118 Å². The third kappa shape index (κ3) is 5.84. The highest BCUT2D eigenvalue weighted by atomic mass is 35.5. The van der Waals surface area contributed by atoms with Crippen molar-refractivity contribution in [3.05, 3.63) is 88.3 Å². The minimum Gasteiger partial charge on any atom is -0.467 e. The SMILES string of the molecule is Cc1ccc(S(=O)(=O)NCC(=O)OCC(=O)N2N=C(c3ccc(Cl)cc3)C[C@H]2c2ccco2)cc1C. The van der Waals surface area contributed by atoms with Crippen LogP contribution in [0, 0.1) is 13.8 Å². The van der Waals surface area contributed by atoms with Gasteiger partial charge < -0.3 is 9.15 Å². The summed E-state index contributed by atoms with van der Waals surface area (Å²) in [5.41, 5.74) is 3.20. The van der Waals surface area contributed by atoms with Crippen LogP contribution in [0.2, 0.25) is 5.02 Å². The van der Waals surface area contributed by atoms with E-state index in [1.165, 1.54) is 23.4 Å². The number of hydrogen-bond acceptors (Lipinski definition) is 7. The molecule has 1 amide bonds. The van der Waals surface area contributed by atoms with Gasteiger partial charge in [0.15, 0.2) is 6.61 Å². The van der Waals surface area contributed by atoms with Crippen LogP contribution in [0.15, 0.2) is 75.3 Å². The molecule has 2 heterocycles. The van der Waals surface area contributed by atoms with Crippen molar-refractivity contribution in [2.24, 2.45) is 5.10 Å². The molecule has 0 aliphatic carbocycles. The fraction of sp³-hybridized carbons (Fsp3) is 0.240. The van der Waals surface area contributed by atoms with Gasteiger partial charge in [0.25, 0.3) is 5.91 Å². The second-order valence-corrected chi connectivity index (χ2v) is 10.5. The lowest BCUT2D eigenvalue weighted by atomic mass is 10.0. The number of nitrogens with zero attached hydrogens (tertiary/aromatic N) is 2. The lowest BCUT2D eigenvalue weighted by Crippen LogP contribution is -2.34. The number of hydrazone groups is 1. The Balaban J connectivity index is 1.39. The molecule has 0 fully saturated rings. The van der Waals surface area contributed by atoms with Gasteiger partial charge in [-0.2, -0.15) is 9.82 Å². The van der Waals surface area contributed by atoms with Gasteiger partial charge in [-0.25, -0.2) is 13.4 Å². The van der Waals surface area contributed by atoms with Crippen molar-refractivity contribution in [2.75, 3.05) is 13.2 Å². The molecule has 1 N–H and O–H groups in total. The average molecular weight is 530 g/mol. The Labute approximate surface area is 213 Å². The Morgan fingerprint density at radius 1 is 1.14 bits per heavy atom. The molecule has 4 rings (SSSR count). The molecule has 3 aromatic rings. The molecule has 0 unspecified atom stereocenters. The van der Waals surface area contributed by atoms with E-state index in [0.717, 1.165) is 16.7 Å². The number of furan rings is 1. The molecule has 2 aromatic carbocycles. The van der Waals surface area contributed by atoms with Crippen LogP contribution in [-0.2, 0) is 24.3 Å². The molecule has 0 saturated carbocycles. The molecular formula is C25H24ClN3O6S. The van der Waals surface area contributed by atoms with Crippen LogP contribution < -0.4 is 4.72 Å². The molecular weight excluding hydrogens is 506 g/mol. The predicted octanol–water partition coefficient (Wildman–Crippen LogP) is 3.75. The third-order valence-electron chi connectivity index (χ3n) is 5.77. The number of nitrogens with one attached hydrogen (secondary N) is 1. The lowest BCUT2D eigenvalue weighted by Gasteiger charge is -2.19. The van der Waals surface area contributed by atoms with E-state index in [2.05, 4.69) is 9.82 Å². The molecule has 9 nitrogen and oxygen atoms in total. The minimum absolute atomic E-state index is 0.0388. The zero-order chi connectivity index (χ0) is 25.9. The van der Waals surface area contributed by atoms with Gasteiger partial charge in [0, 0.05) is 11.4 Å². The number of sulfonamides is 1. The van der Waals surface area contributed by atoms with Crippen molar-refractivity contribution in [3.63, 3.8) is 0 Å². The highest BCUT2D eigenvalue weighted by Crippen LogP contribution is 2.33. The molecule has 0 spiro atoms. The number of carbonyl (C=O) groups excluding carboxylic acids is 2. The highest BCUT2D eigenvalue weighted by molar-refractivity contribution is 7.89. The van der Waals surface area contributed by atoms with Gasteiger partial charge in [-0.3, -0.25) is 9.59 Å². The average Bonchev–Trinajstić information content (AvgIpc) is 3.54. The molecule has 11 heteroatoms. The van der Waals surface area contributed by atoms with Crippen molar-refractivity contribution in [1.29, 1.82) is 0 Å². The molecule has 0 radical (unpaired) electrons. The van der Waals surface area contributed by atoms with E-state index >= 15 is 0 Å². The summed E-state index contributed by atoms with van der Waals surface area (Å²) in [4.78, 5) is 25.2. The Morgan fingerprint density at radius 3 is 2.56 bits per heavy atom. The summed E-state index contributed by atoms with van der Waals surface area (Å²) in [7, 11) is -3.92. The minimum atomic E-state index is -3.92. The van der Waals surface area contributed by atoms with Gasteiger partial charge in [-0.05, 0) is 66.9 Å². The van der Waals surface area contributed by atoms with E-state index < -0.39 is 41.1 Å². The molecule has 1 aromatic heterocycles. The van der Waals surface area contributed by atoms with Gasteiger partial charge in [0.1, 0.15) is 18.3 Å². The van der Waals surface area contributed by atoms with Crippen LogP contribution in [0.25, 0.3) is 0 Å². The number of esters is 1. The van der Waals surface area contributed by atoms with Gasteiger partial charge in [-0.1, -0.05) is 29.8 Å². The summed E-state index contributed by atoms with van der Waals surface area (Å²) in [5.74, 6) is -0.944. The van der Waals surface area contributed by atoms with E-state index in [4.69, 9.17) is 20.8 Å². The van der Waals surface area contributed by atoms with Crippen molar-refractivity contribution in [1.82, 2.24) is 9.73 Å². The molecule has 36 heavy (non-hydrogen) atoms. The van der Waals surface area contributed by atoms with Crippen LogP contribution in [0.3, 0.4) is 0 Å². The Hall–Kier alpha value is -3.47. The van der Waals surface area contributed by atoms with E-state index in [9.17, 15) is 18.0 Å². The number of carbonyl (C=O) groups is 2. The van der Waals surface area contributed by atoms with Crippen LogP contribution in [0.5, 0.6) is 0 Å². The zero-order valence-corrected chi connectivity index (χ0v) is 21.2. The Kier molecular flexibility index (Phi) is 7.58. The maximum absolute atomic E-state index is 12.9. The van der Waals surface area contributed by atoms with Crippen molar-refractivity contribution < 1.29 is 27.2 Å². The standard InChI is InChI=1S/C25H24ClN3O6S/c1-16-5-10-20(12-17(16)2)36(32,33)27-14-25(31)35-15-24(30)29-22(23-4-3-11-34-23)13-21(28-29)18-6-8-19(26)9-7-18/h3-12,22,27H,13-15H2,1-2H3/t22-/m0/s1. The molecule has 0 saturated heterocycles. The van der Waals surface area contributed by atoms with Crippen molar-refractivity contribution in [2.45, 2.75) is 31.2 Å². The van der Waals surface area contributed by atoms with Crippen LogP contribution >= 0.6 is 11.6 Å². The first-order chi connectivity index (χ1) is 17.1. The molecule has 0 bridgehead atoms. The largest absolute Gasteiger partial charge is 0.467 e.